The van der Waals surface area contributed by atoms with Crippen LogP contribution in [0.2, 0.25) is 0 Å². The number of carbonyl (C=O) groups excluding carboxylic acids is 1. The van der Waals surface area contributed by atoms with E-state index in [-0.39, 0.29) is 61.9 Å². The molecule has 0 spiro atoms. The predicted molar refractivity (Wildman–Crippen MR) is 263 cm³/mol. The van der Waals surface area contributed by atoms with Crippen molar-refractivity contribution in [3.05, 3.63) is 160 Å². The number of rotatable bonds is 10. The van der Waals surface area contributed by atoms with Crippen molar-refractivity contribution in [2.45, 2.75) is 70.1 Å². The highest BCUT2D eigenvalue weighted by Gasteiger charge is 2.41. The molecule has 11 heteroatoms. The number of fused-ring (bicyclic) bond motifs is 7. The van der Waals surface area contributed by atoms with Gasteiger partial charge in [0.15, 0.2) is 17.1 Å². The topological polar surface area (TPSA) is 148 Å². The number of benzene rings is 5. The van der Waals surface area contributed by atoms with E-state index in [4.69, 9.17) is 23.9 Å². The number of aliphatic hydroxyl groups is 2. The lowest BCUT2D eigenvalue weighted by atomic mass is 9.90. The number of phenolic OH excluding ortho intramolecular Hbond substituents is 1. The number of anilines is 1. The van der Waals surface area contributed by atoms with Crippen LogP contribution >= 0.6 is 0 Å². The molecule has 4 aliphatic heterocycles. The van der Waals surface area contributed by atoms with Gasteiger partial charge in [-0.05, 0) is 109 Å². The van der Waals surface area contributed by atoms with Crippen molar-refractivity contribution in [1.82, 2.24) is 10.3 Å². The third-order valence-electron chi connectivity index (χ3n) is 13.2. The molecule has 5 aromatic carbocycles. The van der Waals surface area contributed by atoms with Crippen LogP contribution in [0.15, 0.2) is 115 Å². The molecule has 1 saturated heterocycles. The van der Waals surface area contributed by atoms with E-state index in [1.54, 1.807) is 37.5 Å². The number of phenols is 1. The molecule has 67 heavy (non-hydrogen) atoms. The Morgan fingerprint density at radius 1 is 0.896 bits per heavy atom. The summed E-state index contributed by atoms with van der Waals surface area (Å²) in [5.41, 5.74) is 9.51. The molecule has 5 N–H and O–H groups in total. The minimum absolute atomic E-state index is 0.0549. The predicted octanol–water partition coefficient (Wildman–Crippen LogP) is 8.20. The third kappa shape index (κ3) is 10.4. The van der Waals surface area contributed by atoms with Gasteiger partial charge >= 0.3 is 5.78 Å². The lowest BCUT2D eigenvalue weighted by Gasteiger charge is -2.45. The van der Waals surface area contributed by atoms with Gasteiger partial charge in [-0.15, -0.1) is 0 Å². The number of hydrogen-bond donors (Lipinski definition) is 4. The molecule has 10 rings (SSSR count). The molecule has 5 heterocycles. The molecule has 0 amide bonds. The Kier molecular flexibility index (Phi) is 14.3. The number of nitrogens with zero attached hydrogens (tertiary/aromatic N) is 2. The summed E-state index contributed by atoms with van der Waals surface area (Å²) in [6.45, 7) is 4.88. The Balaban J connectivity index is 1.14. The second-order valence-corrected chi connectivity index (χ2v) is 17.9. The van der Waals surface area contributed by atoms with E-state index in [2.05, 4.69) is 71.7 Å². The maximum atomic E-state index is 12.1. The smallest absolute Gasteiger partial charge is 0.335 e. The molecule has 0 radical (unpaired) electrons. The van der Waals surface area contributed by atoms with Crippen LogP contribution in [0.1, 0.15) is 70.5 Å². The van der Waals surface area contributed by atoms with E-state index < -0.39 is 12.2 Å². The average molecular weight is 904 g/mol. The van der Waals surface area contributed by atoms with Crippen LogP contribution in [0.5, 0.6) is 28.7 Å². The maximum Gasteiger partial charge on any atom is 0.335 e. The fourth-order valence-electron chi connectivity index (χ4n) is 9.56. The number of ether oxygens (including phenoxy) is 4. The molecule has 11 nitrogen and oxygen atoms in total. The lowest BCUT2D eigenvalue weighted by Crippen LogP contribution is -2.52. The number of methoxy groups -OCH3 is 1. The number of aliphatic hydroxyl groups excluding tert-OH is 2. The van der Waals surface area contributed by atoms with Gasteiger partial charge in [0, 0.05) is 24.5 Å². The standard InChI is InChI=1S/C56H60N3O8/c1-3-43-31-48-42-11-7-10-37(29-42)17-23-47-52-51(49(63)32-50(67-52)41-18-21-45(61)22-19-41)54(65-27-24-46(62)20-16-36-8-5-4-6-9-36)55(64-2)53(47)66-35-40(34-60)28-38-12-14-39(15-13-38)30-44-33-57-25-26-59(44)56(48)58-43/h4-16,18-22,29,31,40,44,46,50,57,60-62H,3,17,23-28,30,32-35H2,1-2H3/q-1/p+1/b20-16+/t40-,44-,46-,50?/m0/s1. The summed E-state index contributed by atoms with van der Waals surface area (Å²) in [5, 5.41) is 35.6. The SMILES string of the molecule is CCc1cc2c([n-]1)N1CCNC[C@@H]1Cc1ccc(cc1)C[C@@H](CO)COc1c(c3c(c(OCC[C@@H](O)/C=C/c4ccccc4)c1OC)C(=[OH+])CC(c1ccc(O)cc1)O3)CCc1cccc-2c1. The summed E-state index contributed by atoms with van der Waals surface area (Å²) in [6.07, 6.45) is 5.91. The Labute approximate surface area is 393 Å². The first kappa shape index (κ1) is 45.6. The molecular formula is C56H61N3O8. The quantitative estimate of drug-likeness (QED) is 0.0993. The first-order chi connectivity index (χ1) is 32.8. The van der Waals surface area contributed by atoms with Crippen LogP contribution in [0.3, 0.4) is 0 Å². The highest BCUT2D eigenvalue weighted by Crippen LogP contribution is 2.53. The normalized spacial score (nSPS) is 19.0. The molecule has 4 bridgehead atoms. The van der Waals surface area contributed by atoms with Crippen LogP contribution in [-0.2, 0) is 32.1 Å². The maximum absolute atomic E-state index is 12.1. The van der Waals surface area contributed by atoms with Crippen LogP contribution in [-0.4, -0.2) is 84.6 Å². The van der Waals surface area contributed by atoms with Gasteiger partial charge in [-0.1, -0.05) is 128 Å². The van der Waals surface area contributed by atoms with Gasteiger partial charge in [-0.25, -0.2) is 0 Å². The van der Waals surface area contributed by atoms with E-state index in [0.29, 0.717) is 47.6 Å². The molecule has 4 atom stereocenters. The number of ketones is 1. The van der Waals surface area contributed by atoms with E-state index in [0.717, 1.165) is 77.4 Å². The minimum atomic E-state index is -0.805. The molecule has 4 aliphatic rings. The second-order valence-electron chi connectivity index (χ2n) is 17.9. The summed E-state index contributed by atoms with van der Waals surface area (Å²) in [7, 11) is 1.56. The largest absolute Gasteiger partial charge is 0.508 e. The summed E-state index contributed by atoms with van der Waals surface area (Å²) in [6, 6.07) is 36.4. The number of aryl methyl sites for hydroxylation is 2. The molecule has 1 fully saturated rings. The number of hydrogen-bond acceptors (Lipinski definition) is 9. The van der Waals surface area contributed by atoms with Crippen molar-refractivity contribution in [2.75, 3.05) is 51.5 Å². The lowest BCUT2D eigenvalue weighted by molar-refractivity contribution is 0.153. The fraction of sp³-hybridized carbons (Fsp3) is 0.339. The zero-order chi connectivity index (χ0) is 46.3. The van der Waals surface area contributed by atoms with E-state index >= 15 is 0 Å². The highest BCUT2D eigenvalue weighted by atomic mass is 16.5. The second kappa shape index (κ2) is 21.0. The van der Waals surface area contributed by atoms with Crippen LogP contribution < -0.4 is 34.1 Å². The Morgan fingerprint density at radius 2 is 1.69 bits per heavy atom. The zero-order valence-corrected chi connectivity index (χ0v) is 38.4. The van der Waals surface area contributed by atoms with Crippen molar-refractivity contribution >= 4 is 17.7 Å². The zero-order valence-electron chi connectivity index (χ0n) is 38.4. The summed E-state index contributed by atoms with van der Waals surface area (Å²) in [5.74, 6) is 2.28. The van der Waals surface area contributed by atoms with Gasteiger partial charge in [0.1, 0.15) is 24.0 Å². The first-order valence-corrected chi connectivity index (χ1v) is 23.6. The van der Waals surface area contributed by atoms with Crippen LogP contribution in [0.25, 0.3) is 17.2 Å². The molecule has 348 valence electrons. The minimum Gasteiger partial charge on any atom is -0.508 e. The molecular weight excluding hydrogens is 843 g/mol. The van der Waals surface area contributed by atoms with Crippen molar-refractivity contribution in [3.63, 3.8) is 0 Å². The van der Waals surface area contributed by atoms with Crippen LogP contribution in [0.4, 0.5) is 5.82 Å². The van der Waals surface area contributed by atoms with Crippen molar-refractivity contribution < 1.29 is 39.1 Å². The molecule has 1 aromatic heterocycles. The van der Waals surface area contributed by atoms with Crippen molar-refractivity contribution in [2.24, 2.45) is 5.92 Å². The molecule has 0 saturated carbocycles. The van der Waals surface area contributed by atoms with Gasteiger partial charge in [-0.3, -0.25) is 4.79 Å². The summed E-state index contributed by atoms with van der Waals surface area (Å²) < 4.78 is 26.6. The van der Waals surface area contributed by atoms with Gasteiger partial charge in [-0.2, -0.15) is 0 Å². The summed E-state index contributed by atoms with van der Waals surface area (Å²) >= 11 is 0. The molecule has 0 aliphatic carbocycles. The average Bonchev–Trinajstić information content (AvgIpc) is 3.80. The van der Waals surface area contributed by atoms with E-state index in [1.807, 2.05) is 36.4 Å². The van der Waals surface area contributed by atoms with Gasteiger partial charge < -0.3 is 49.5 Å². The molecule has 1 unspecified atom stereocenters. The Morgan fingerprint density at radius 3 is 2.45 bits per heavy atom. The Hall–Kier alpha value is -6.53. The molecule has 6 aromatic rings. The number of piperazine rings is 1. The van der Waals surface area contributed by atoms with Crippen molar-refractivity contribution in [3.8, 4) is 39.9 Å². The highest BCUT2D eigenvalue weighted by molar-refractivity contribution is 6.05. The third-order valence-corrected chi connectivity index (χ3v) is 13.2. The van der Waals surface area contributed by atoms with Gasteiger partial charge in [0.2, 0.25) is 5.75 Å². The van der Waals surface area contributed by atoms with Crippen LogP contribution in [0, 0.1) is 5.92 Å². The monoisotopic (exact) mass is 903 g/mol. The Bertz CT molecular complexity index is 2660. The van der Waals surface area contributed by atoms with E-state index in [9.17, 15) is 20.1 Å². The fourth-order valence-corrected chi connectivity index (χ4v) is 9.56. The number of aromatic nitrogens is 1. The van der Waals surface area contributed by atoms with Gasteiger partial charge in [0.05, 0.1) is 26.4 Å². The van der Waals surface area contributed by atoms with Crippen molar-refractivity contribution in [1.29, 1.82) is 0 Å². The van der Waals surface area contributed by atoms with E-state index in [1.165, 1.54) is 5.56 Å². The first-order valence-electron chi connectivity index (χ1n) is 23.6. The summed E-state index contributed by atoms with van der Waals surface area (Å²) in [4.78, 5) is 19.9. The number of nitrogens with one attached hydrogen (secondary N) is 1. The van der Waals surface area contributed by atoms with Gasteiger partial charge in [0.25, 0.3) is 0 Å². The number of aromatic hydroxyl groups is 1.